The van der Waals surface area contributed by atoms with Gasteiger partial charge in [-0.2, -0.15) is 0 Å². The molecule has 1 N–H and O–H groups in total. The third-order valence-electron chi connectivity index (χ3n) is 7.20. The summed E-state index contributed by atoms with van der Waals surface area (Å²) in [6, 6.07) is 31.2. The van der Waals surface area contributed by atoms with Crippen LogP contribution in [0.4, 0.5) is 5.13 Å². The molecule has 0 aliphatic carbocycles. The number of amides is 1. The average Bonchev–Trinajstić information content (AvgIpc) is 3.61. The lowest BCUT2D eigenvalue weighted by Crippen LogP contribution is -2.29. The van der Waals surface area contributed by atoms with Crippen molar-refractivity contribution in [2.24, 2.45) is 0 Å². The van der Waals surface area contributed by atoms with Gasteiger partial charge in [0.15, 0.2) is 4.34 Å². The number of carbonyl (C=O) groups excluding carboxylic acids is 2. The molecule has 5 aromatic rings. The van der Waals surface area contributed by atoms with Crippen molar-refractivity contribution in [2.45, 2.75) is 29.7 Å². The zero-order valence-corrected chi connectivity index (χ0v) is 26.7. The number of rotatable bonds is 9. The van der Waals surface area contributed by atoms with Crippen molar-refractivity contribution in [1.29, 1.82) is 0 Å². The number of ether oxygens (including phenoxy) is 1. The molecule has 1 atom stereocenters. The van der Waals surface area contributed by atoms with Gasteiger partial charge in [0, 0.05) is 15.8 Å². The first-order valence-electron chi connectivity index (χ1n) is 13.7. The lowest BCUT2D eigenvalue weighted by molar-refractivity contribution is -0.132. The maximum absolute atomic E-state index is 13.6. The second-order valence-corrected chi connectivity index (χ2v) is 13.2. The summed E-state index contributed by atoms with van der Waals surface area (Å²) in [6.07, 6.45) is 0. The summed E-state index contributed by atoms with van der Waals surface area (Å²) in [5.41, 5.74) is 4.36. The molecule has 4 aromatic carbocycles. The van der Waals surface area contributed by atoms with Crippen molar-refractivity contribution in [3.05, 3.63) is 141 Å². The molecular weight excluding hydrogens is 658 g/mol. The summed E-state index contributed by atoms with van der Waals surface area (Å²) in [4.78, 5) is 28.4. The summed E-state index contributed by atoms with van der Waals surface area (Å²) in [6.45, 7) is 2.43. The molecule has 0 saturated carbocycles. The number of aryl methyl sites for hydroxylation is 1. The fourth-order valence-corrected chi connectivity index (χ4v) is 7.14. The van der Waals surface area contributed by atoms with Gasteiger partial charge in [0.25, 0.3) is 5.78 Å². The Hall–Kier alpha value is -4.25. The number of aliphatic hydroxyl groups is 1. The van der Waals surface area contributed by atoms with Gasteiger partial charge in [-0.25, -0.2) is 0 Å². The molecular formula is C34H26BrN3O4S2. The Morgan fingerprint density at radius 2 is 1.70 bits per heavy atom. The number of nitrogens with zero attached hydrogens (tertiary/aromatic N) is 3. The van der Waals surface area contributed by atoms with Gasteiger partial charge in [-0.05, 0) is 65.6 Å². The van der Waals surface area contributed by atoms with Crippen molar-refractivity contribution < 1.29 is 19.4 Å². The average molecular weight is 685 g/mol. The number of aromatic nitrogens is 2. The Kier molecular flexibility index (Phi) is 8.92. The number of thioether (sulfide) groups is 1. The smallest absolute Gasteiger partial charge is 0.301 e. The fraction of sp³-hybridized carbons (Fsp3) is 0.118. The predicted molar refractivity (Wildman–Crippen MR) is 177 cm³/mol. The molecule has 220 valence electrons. The summed E-state index contributed by atoms with van der Waals surface area (Å²) >= 11 is 6.24. The van der Waals surface area contributed by atoms with Crippen LogP contribution in [0.5, 0.6) is 5.75 Å². The zero-order valence-electron chi connectivity index (χ0n) is 23.5. The highest BCUT2D eigenvalue weighted by Crippen LogP contribution is 2.44. The van der Waals surface area contributed by atoms with Gasteiger partial charge >= 0.3 is 5.91 Å². The maximum Gasteiger partial charge on any atom is 0.301 e. The molecule has 6 rings (SSSR count). The van der Waals surface area contributed by atoms with Crippen molar-refractivity contribution in [3.63, 3.8) is 0 Å². The highest BCUT2D eigenvalue weighted by molar-refractivity contribution is 9.10. The van der Waals surface area contributed by atoms with Crippen molar-refractivity contribution in [1.82, 2.24) is 10.2 Å². The number of benzene rings is 4. The largest absolute Gasteiger partial charge is 0.507 e. The molecule has 44 heavy (non-hydrogen) atoms. The topological polar surface area (TPSA) is 92.6 Å². The molecule has 7 nitrogen and oxygen atoms in total. The van der Waals surface area contributed by atoms with Crippen LogP contribution in [0.1, 0.15) is 33.9 Å². The molecule has 0 radical (unpaired) electrons. The summed E-state index contributed by atoms with van der Waals surface area (Å²) in [7, 11) is 0. The first kappa shape index (κ1) is 29.8. The summed E-state index contributed by atoms with van der Waals surface area (Å²) < 4.78 is 7.39. The van der Waals surface area contributed by atoms with Crippen LogP contribution in [0.3, 0.4) is 0 Å². The highest BCUT2D eigenvalue weighted by atomic mass is 79.9. The Morgan fingerprint density at radius 3 is 2.45 bits per heavy atom. The molecule has 1 aliphatic heterocycles. The molecule has 1 saturated heterocycles. The number of halogens is 1. The molecule has 1 unspecified atom stereocenters. The van der Waals surface area contributed by atoms with Crippen molar-refractivity contribution in [3.8, 4) is 5.75 Å². The van der Waals surface area contributed by atoms with E-state index in [1.165, 1.54) is 28.0 Å². The zero-order chi connectivity index (χ0) is 30.6. The third kappa shape index (κ3) is 6.33. The highest BCUT2D eigenvalue weighted by Gasteiger charge is 2.48. The minimum absolute atomic E-state index is 0.0182. The monoisotopic (exact) mass is 683 g/mol. The van der Waals surface area contributed by atoms with Gasteiger partial charge in [-0.1, -0.05) is 106 Å². The van der Waals surface area contributed by atoms with E-state index in [1.807, 2.05) is 85.8 Å². The van der Waals surface area contributed by atoms with Gasteiger partial charge in [0.2, 0.25) is 5.13 Å². The SMILES string of the molecule is Cc1ccccc1COc1ccc(/C(O)=C2\C(=O)C(=O)N(c3nnc(SCc4ccccc4)s3)C2c2cccc(Br)c2)cc1. The second-order valence-electron chi connectivity index (χ2n) is 10.1. The van der Waals surface area contributed by atoms with Crippen LogP contribution in [0.2, 0.25) is 0 Å². The third-order valence-corrected chi connectivity index (χ3v) is 9.82. The molecule has 1 aromatic heterocycles. The number of Topliss-reactive ketones (excluding diaryl/α,β-unsaturated/α-hetero) is 1. The van der Waals surface area contributed by atoms with Crippen LogP contribution in [-0.4, -0.2) is 27.0 Å². The molecule has 2 heterocycles. The standard InChI is InChI=1S/C34H26BrN3O4S2/c1-21-8-5-6-11-25(21)19-42-27-16-14-23(15-17-27)30(39)28-29(24-12-7-13-26(35)18-24)38(32(41)31(28)40)33-36-37-34(44-33)43-20-22-9-3-2-4-10-22/h2-18,29,39H,19-20H2,1H3/b30-28+. The summed E-state index contributed by atoms with van der Waals surface area (Å²) in [5.74, 6) is -0.534. The number of aliphatic hydroxyl groups excluding tert-OH is 1. The van der Waals surface area contributed by atoms with Crippen LogP contribution in [0.15, 0.2) is 118 Å². The first-order chi connectivity index (χ1) is 21.4. The van der Waals surface area contributed by atoms with Crippen LogP contribution in [-0.2, 0) is 21.9 Å². The van der Waals surface area contributed by atoms with E-state index < -0.39 is 17.7 Å². The van der Waals surface area contributed by atoms with E-state index in [9.17, 15) is 14.7 Å². The van der Waals surface area contributed by atoms with Gasteiger partial charge in [0.1, 0.15) is 18.1 Å². The van der Waals surface area contributed by atoms with Crippen LogP contribution < -0.4 is 9.64 Å². The van der Waals surface area contributed by atoms with Crippen LogP contribution in [0.25, 0.3) is 5.76 Å². The molecule has 1 amide bonds. The van der Waals surface area contributed by atoms with E-state index in [1.54, 1.807) is 24.3 Å². The number of ketones is 1. The van der Waals surface area contributed by atoms with E-state index in [0.717, 1.165) is 21.2 Å². The predicted octanol–water partition coefficient (Wildman–Crippen LogP) is 8.11. The number of anilines is 1. The maximum atomic E-state index is 13.6. The van der Waals surface area contributed by atoms with Gasteiger partial charge in [-0.3, -0.25) is 14.5 Å². The Morgan fingerprint density at radius 1 is 0.955 bits per heavy atom. The van der Waals surface area contributed by atoms with Crippen LogP contribution in [0, 0.1) is 6.92 Å². The Balaban J connectivity index is 1.31. The van der Waals surface area contributed by atoms with Crippen molar-refractivity contribution >= 4 is 61.6 Å². The summed E-state index contributed by atoms with van der Waals surface area (Å²) in [5, 5.41) is 20.4. The number of hydrogen-bond acceptors (Lipinski definition) is 8. The number of carbonyl (C=O) groups is 2. The quantitative estimate of drug-likeness (QED) is 0.0552. The van der Waals surface area contributed by atoms with Crippen LogP contribution >= 0.6 is 39.0 Å². The Labute approximate surface area is 271 Å². The number of hydrogen-bond donors (Lipinski definition) is 1. The lowest BCUT2D eigenvalue weighted by Gasteiger charge is -2.22. The molecule has 1 aliphatic rings. The molecule has 0 spiro atoms. The van der Waals surface area contributed by atoms with E-state index in [0.29, 0.717) is 33.6 Å². The van der Waals surface area contributed by atoms with E-state index in [4.69, 9.17) is 4.74 Å². The Bertz CT molecular complexity index is 1860. The fourth-order valence-electron chi connectivity index (χ4n) is 4.90. The van der Waals surface area contributed by atoms with Crippen molar-refractivity contribution in [2.75, 3.05) is 4.90 Å². The molecule has 0 bridgehead atoms. The minimum Gasteiger partial charge on any atom is -0.507 e. The molecule has 10 heteroatoms. The second kappa shape index (κ2) is 13.2. The lowest BCUT2D eigenvalue weighted by atomic mass is 9.95. The minimum atomic E-state index is -0.899. The van der Waals surface area contributed by atoms with E-state index >= 15 is 0 Å². The molecule has 1 fully saturated rings. The normalized spacial score (nSPS) is 16.0. The van der Waals surface area contributed by atoms with Gasteiger partial charge in [0.05, 0.1) is 11.6 Å². The van der Waals surface area contributed by atoms with Gasteiger partial charge < -0.3 is 9.84 Å². The first-order valence-corrected chi connectivity index (χ1v) is 16.3. The van der Waals surface area contributed by atoms with E-state index in [2.05, 4.69) is 26.1 Å². The van der Waals surface area contributed by atoms with Gasteiger partial charge in [-0.15, -0.1) is 10.2 Å². The van der Waals surface area contributed by atoms with E-state index in [-0.39, 0.29) is 16.5 Å².